The topological polar surface area (TPSA) is 80.4 Å². The van der Waals surface area contributed by atoms with Crippen molar-refractivity contribution in [1.82, 2.24) is 19.8 Å². The quantitative estimate of drug-likeness (QED) is 0.732. The van der Waals surface area contributed by atoms with Gasteiger partial charge in [0.25, 0.3) is 11.8 Å². The van der Waals surface area contributed by atoms with E-state index in [1.807, 2.05) is 36.2 Å². The summed E-state index contributed by atoms with van der Waals surface area (Å²) in [6.07, 6.45) is 6.36. The second-order valence-corrected chi connectivity index (χ2v) is 8.09. The van der Waals surface area contributed by atoms with Crippen LogP contribution in [0, 0.1) is 6.92 Å². The Kier molecular flexibility index (Phi) is 5.04. The van der Waals surface area contributed by atoms with Gasteiger partial charge in [-0.3, -0.25) is 9.59 Å². The average Bonchev–Trinajstić information content (AvgIpc) is 3.42. The summed E-state index contributed by atoms with van der Waals surface area (Å²) in [5.74, 6) is -0.121. The lowest BCUT2D eigenvalue weighted by atomic mass is 10.0. The number of aryl methyl sites for hydroxylation is 2. The molecule has 3 aromatic rings. The van der Waals surface area contributed by atoms with Crippen LogP contribution in [0.25, 0.3) is 11.3 Å². The fourth-order valence-corrected chi connectivity index (χ4v) is 4.10. The number of likely N-dealkylation sites (tertiary alicyclic amines) is 1. The fourth-order valence-electron chi connectivity index (χ4n) is 3.48. The van der Waals surface area contributed by atoms with E-state index < -0.39 is 0 Å². The van der Waals surface area contributed by atoms with Crippen molar-refractivity contribution >= 4 is 23.2 Å². The molecule has 0 radical (unpaired) electrons. The Morgan fingerprint density at radius 2 is 2.11 bits per heavy atom. The van der Waals surface area contributed by atoms with E-state index in [-0.39, 0.29) is 17.9 Å². The van der Waals surface area contributed by atoms with Crippen molar-refractivity contribution in [1.29, 1.82) is 0 Å². The first-order chi connectivity index (χ1) is 13.5. The molecule has 0 atom stereocenters. The van der Waals surface area contributed by atoms with Crippen LogP contribution in [0.15, 0.2) is 40.7 Å². The van der Waals surface area contributed by atoms with Gasteiger partial charge in [-0.05, 0) is 31.9 Å². The number of furan rings is 1. The van der Waals surface area contributed by atoms with Crippen LogP contribution < -0.4 is 5.32 Å². The maximum absolute atomic E-state index is 12.7. The molecule has 1 fully saturated rings. The van der Waals surface area contributed by atoms with Crippen molar-refractivity contribution in [2.24, 2.45) is 7.05 Å². The van der Waals surface area contributed by atoms with Crippen LogP contribution in [0.5, 0.6) is 0 Å². The van der Waals surface area contributed by atoms with Crippen molar-refractivity contribution in [2.45, 2.75) is 25.8 Å². The van der Waals surface area contributed by atoms with E-state index in [1.165, 1.54) is 12.5 Å². The molecule has 8 heteroatoms. The minimum Gasteiger partial charge on any atom is -0.472 e. The number of amides is 2. The lowest BCUT2D eigenvalue weighted by molar-refractivity contribution is 0.0697. The number of piperidine rings is 1. The van der Waals surface area contributed by atoms with Gasteiger partial charge in [-0.25, -0.2) is 4.98 Å². The summed E-state index contributed by atoms with van der Waals surface area (Å²) in [6, 6.07) is 3.61. The van der Waals surface area contributed by atoms with Crippen LogP contribution in [-0.4, -0.2) is 45.4 Å². The molecule has 2 amide bonds. The molecular formula is C20H22N4O3S. The van der Waals surface area contributed by atoms with Crippen LogP contribution >= 0.6 is 11.3 Å². The minimum absolute atomic E-state index is 0.0239. The third-order valence-corrected chi connectivity index (χ3v) is 5.81. The Balaban J connectivity index is 1.36. The van der Waals surface area contributed by atoms with Gasteiger partial charge < -0.3 is 19.2 Å². The summed E-state index contributed by atoms with van der Waals surface area (Å²) in [5.41, 5.74) is 3.01. The Morgan fingerprint density at radius 3 is 2.75 bits per heavy atom. The Labute approximate surface area is 167 Å². The predicted octanol–water partition coefficient (Wildman–Crippen LogP) is 3.08. The molecule has 7 nitrogen and oxygen atoms in total. The van der Waals surface area contributed by atoms with E-state index in [9.17, 15) is 9.59 Å². The summed E-state index contributed by atoms with van der Waals surface area (Å²) >= 11 is 1.59. The average molecular weight is 398 g/mol. The van der Waals surface area contributed by atoms with E-state index in [2.05, 4.69) is 10.3 Å². The normalized spacial score (nSPS) is 15.0. The number of carbonyl (C=O) groups excluding carboxylic acids is 2. The maximum atomic E-state index is 12.7. The summed E-state index contributed by atoms with van der Waals surface area (Å²) in [5, 5.41) is 6.11. The Hall–Kier alpha value is -2.87. The third-order valence-electron chi connectivity index (χ3n) is 5.04. The molecule has 1 aliphatic heterocycles. The van der Waals surface area contributed by atoms with Crippen molar-refractivity contribution < 1.29 is 14.0 Å². The highest BCUT2D eigenvalue weighted by molar-refractivity contribution is 7.09. The van der Waals surface area contributed by atoms with Crippen molar-refractivity contribution in [3.8, 4) is 11.3 Å². The van der Waals surface area contributed by atoms with Gasteiger partial charge in [-0.2, -0.15) is 0 Å². The lowest BCUT2D eigenvalue weighted by Crippen LogP contribution is -2.46. The third kappa shape index (κ3) is 3.73. The highest BCUT2D eigenvalue weighted by atomic mass is 32.1. The fraction of sp³-hybridized carbons (Fsp3) is 0.350. The largest absolute Gasteiger partial charge is 0.472 e. The van der Waals surface area contributed by atoms with Gasteiger partial charge in [0.15, 0.2) is 0 Å². The standard InChI is InChI=1S/C20H22N4O3S/c1-13-21-17(12-28-13)15-9-18(23(2)10-15)19(25)22-16-3-6-24(7-4-16)20(26)14-5-8-27-11-14/h5,8-12,16H,3-4,6-7H2,1-2H3,(H,22,25). The van der Waals surface area contributed by atoms with Crippen molar-refractivity contribution in [3.05, 3.63) is 52.5 Å². The number of nitrogens with one attached hydrogen (secondary N) is 1. The highest BCUT2D eigenvalue weighted by Crippen LogP contribution is 2.24. The molecule has 4 rings (SSSR count). The van der Waals surface area contributed by atoms with Crippen molar-refractivity contribution in [3.63, 3.8) is 0 Å². The summed E-state index contributed by atoms with van der Waals surface area (Å²) in [7, 11) is 1.86. The molecule has 1 saturated heterocycles. The SMILES string of the molecule is Cc1nc(-c2cc(C(=O)NC3CCN(C(=O)c4ccoc4)CC3)n(C)c2)cs1. The van der Waals surface area contributed by atoms with Gasteiger partial charge >= 0.3 is 0 Å². The van der Waals surface area contributed by atoms with Gasteiger partial charge in [0.1, 0.15) is 12.0 Å². The van der Waals surface area contributed by atoms with Crippen LogP contribution in [0.2, 0.25) is 0 Å². The molecule has 0 unspecified atom stereocenters. The number of aromatic nitrogens is 2. The molecule has 4 heterocycles. The van der Waals surface area contributed by atoms with Crippen molar-refractivity contribution in [2.75, 3.05) is 13.1 Å². The van der Waals surface area contributed by atoms with Gasteiger partial charge in [-0.15, -0.1) is 11.3 Å². The van der Waals surface area contributed by atoms with E-state index >= 15 is 0 Å². The molecule has 1 aliphatic rings. The number of thiazole rings is 1. The van der Waals surface area contributed by atoms with E-state index in [1.54, 1.807) is 22.3 Å². The van der Waals surface area contributed by atoms with E-state index in [4.69, 9.17) is 4.42 Å². The number of hydrogen-bond donors (Lipinski definition) is 1. The second kappa shape index (κ2) is 7.63. The van der Waals surface area contributed by atoms with Gasteiger partial charge in [0.2, 0.25) is 0 Å². The lowest BCUT2D eigenvalue weighted by Gasteiger charge is -2.32. The molecule has 0 spiro atoms. The summed E-state index contributed by atoms with van der Waals surface area (Å²) < 4.78 is 6.82. The zero-order chi connectivity index (χ0) is 19.7. The molecular weight excluding hydrogens is 376 g/mol. The van der Waals surface area contributed by atoms with Crippen LogP contribution in [0.4, 0.5) is 0 Å². The molecule has 3 aromatic heterocycles. The molecule has 28 heavy (non-hydrogen) atoms. The number of carbonyl (C=O) groups is 2. The monoisotopic (exact) mass is 398 g/mol. The smallest absolute Gasteiger partial charge is 0.268 e. The summed E-state index contributed by atoms with van der Waals surface area (Å²) in [4.78, 5) is 31.4. The van der Waals surface area contributed by atoms with E-state index in [0.29, 0.717) is 24.3 Å². The number of nitrogens with zero attached hydrogens (tertiary/aromatic N) is 3. The first-order valence-electron chi connectivity index (χ1n) is 9.22. The van der Waals surface area contributed by atoms with E-state index in [0.717, 1.165) is 29.1 Å². The van der Waals surface area contributed by atoms with Gasteiger partial charge in [0, 0.05) is 43.3 Å². The zero-order valence-corrected chi connectivity index (χ0v) is 16.7. The summed E-state index contributed by atoms with van der Waals surface area (Å²) in [6.45, 7) is 3.20. The predicted molar refractivity (Wildman–Crippen MR) is 106 cm³/mol. The van der Waals surface area contributed by atoms with Crippen LogP contribution in [0.3, 0.4) is 0 Å². The van der Waals surface area contributed by atoms with Crippen LogP contribution in [0.1, 0.15) is 38.7 Å². The molecule has 0 bridgehead atoms. The second-order valence-electron chi connectivity index (χ2n) is 7.03. The number of rotatable bonds is 4. The molecule has 1 N–H and O–H groups in total. The maximum Gasteiger partial charge on any atom is 0.268 e. The molecule has 146 valence electrons. The molecule has 0 aromatic carbocycles. The van der Waals surface area contributed by atoms with Crippen LogP contribution in [-0.2, 0) is 7.05 Å². The van der Waals surface area contributed by atoms with Gasteiger partial charge in [0.05, 0.1) is 22.5 Å². The minimum atomic E-state index is -0.0969. The number of hydrogen-bond acceptors (Lipinski definition) is 5. The molecule has 0 aliphatic carbocycles. The van der Waals surface area contributed by atoms with Gasteiger partial charge in [-0.1, -0.05) is 0 Å². The zero-order valence-electron chi connectivity index (χ0n) is 15.8. The highest BCUT2D eigenvalue weighted by Gasteiger charge is 2.26. The first-order valence-corrected chi connectivity index (χ1v) is 10.1. The Morgan fingerprint density at radius 1 is 1.32 bits per heavy atom. The first kappa shape index (κ1) is 18.5. The molecule has 0 saturated carbocycles. The Bertz CT molecular complexity index is 981.